The van der Waals surface area contributed by atoms with Crippen molar-refractivity contribution in [3.8, 4) is 0 Å². The average Bonchev–Trinajstić information content (AvgIpc) is 3.21. The Hall–Kier alpha value is -2.67. The normalized spacial score (nSPS) is 19.2. The Morgan fingerprint density at radius 1 is 1.21 bits per heavy atom. The molecule has 2 aliphatic rings. The molecule has 0 spiro atoms. The van der Waals surface area contributed by atoms with Crippen molar-refractivity contribution < 1.29 is 4.79 Å². The number of hydrogen-bond acceptors (Lipinski definition) is 5. The van der Waals surface area contributed by atoms with Crippen LogP contribution in [0.3, 0.4) is 0 Å². The first kappa shape index (κ1) is 23.1. The van der Waals surface area contributed by atoms with Gasteiger partial charge < -0.3 is 15.1 Å². The third-order valence-electron chi connectivity index (χ3n) is 7.46. The molecule has 2 amide bonds. The Morgan fingerprint density at radius 3 is 2.71 bits per heavy atom. The first-order valence-electron chi connectivity index (χ1n) is 12.6. The third kappa shape index (κ3) is 4.38. The summed E-state index contributed by atoms with van der Waals surface area (Å²) in [5.74, 6) is 3.12. The molecule has 2 aromatic heterocycles. The number of amides is 2. The van der Waals surface area contributed by atoms with Crippen LogP contribution in [0.5, 0.6) is 0 Å². The van der Waals surface area contributed by atoms with E-state index >= 15 is 0 Å². The molecule has 0 radical (unpaired) electrons. The molecule has 7 heteroatoms. The standard InChI is InChI=1S/C27H35N5OS/c1-5-18(3)24-29-25(23-20-11-10-17(2)16-22(20)34-26(23)30-24)31-12-14-32(15-13-31)27(33)28-21-9-7-6-8-19(21)4/h6-9,17-18H,5,10-16H2,1-4H3,(H,28,33)/t17-,18-/m0/s1. The van der Waals surface area contributed by atoms with Gasteiger partial charge in [-0.2, -0.15) is 0 Å². The number of hydrogen-bond donors (Lipinski definition) is 1. The molecule has 1 saturated heterocycles. The average molecular weight is 478 g/mol. The molecule has 2 atom stereocenters. The maximum atomic E-state index is 12.9. The van der Waals surface area contributed by atoms with Crippen molar-refractivity contribution in [2.45, 2.75) is 59.3 Å². The summed E-state index contributed by atoms with van der Waals surface area (Å²) in [6.07, 6.45) is 4.54. The summed E-state index contributed by atoms with van der Waals surface area (Å²) in [6, 6.07) is 7.90. The van der Waals surface area contributed by atoms with E-state index in [0.717, 1.165) is 66.0 Å². The van der Waals surface area contributed by atoms with Gasteiger partial charge in [-0.05, 0) is 55.7 Å². The van der Waals surface area contributed by atoms with Gasteiger partial charge in [0.1, 0.15) is 16.5 Å². The van der Waals surface area contributed by atoms with E-state index in [9.17, 15) is 4.79 Å². The second kappa shape index (κ2) is 9.53. The molecular formula is C27H35N5OS. The molecule has 1 aliphatic carbocycles. The number of benzene rings is 1. The number of anilines is 2. The fraction of sp³-hybridized carbons (Fsp3) is 0.519. The molecule has 3 aromatic rings. The second-order valence-corrected chi connectivity index (χ2v) is 11.0. The maximum absolute atomic E-state index is 12.9. The van der Waals surface area contributed by atoms with Crippen LogP contribution in [-0.4, -0.2) is 47.1 Å². The van der Waals surface area contributed by atoms with Gasteiger partial charge >= 0.3 is 6.03 Å². The molecule has 1 N–H and O–H groups in total. The first-order valence-corrected chi connectivity index (χ1v) is 13.4. The van der Waals surface area contributed by atoms with Gasteiger partial charge in [-0.1, -0.05) is 39.0 Å². The molecule has 6 nitrogen and oxygen atoms in total. The number of fused-ring (bicyclic) bond motifs is 3. The SMILES string of the molecule is CC[C@H](C)c1nc(N2CCN(C(=O)Nc3ccccc3C)CC2)c2c3c(sc2n1)C[C@@H](C)CC3. The summed E-state index contributed by atoms with van der Waals surface area (Å²) < 4.78 is 0. The van der Waals surface area contributed by atoms with E-state index in [2.05, 4.69) is 31.0 Å². The number of nitrogens with one attached hydrogen (secondary N) is 1. The summed E-state index contributed by atoms with van der Waals surface area (Å²) in [4.78, 5) is 30.1. The topological polar surface area (TPSA) is 61.4 Å². The lowest BCUT2D eigenvalue weighted by atomic mass is 9.89. The number of aryl methyl sites for hydroxylation is 2. The van der Waals surface area contributed by atoms with Gasteiger partial charge in [0.25, 0.3) is 0 Å². The van der Waals surface area contributed by atoms with Gasteiger partial charge in [-0.3, -0.25) is 0 Å². The van der Waals surface area contributed by atoms with Crippen molar-refractivity contribution in [2.75, 3.05) is 36.4 Å². The fourth-order valence-electron chi connectivity index (χ4n) is 5.00. The quantitative estimate of drug-likeness (QED) is 0.501. The highest BCUT2D eigenvalue weighted by molar-refractivity contribution is 7.19. The highest BCUT2D eigenvalue weighted by Crippen LogP contribution is 2.42. The number of aromatic nitrogens is 2. The van der Waals surface area contributed by atoms with E-state index in [1.807, 2.05) is 47.4 Å². The van der Waals surface area contributed by atoms with E-state index in [1.165, 1.54) is 22.2 Å². The zero-order chi connectivity index (χ0) is 23.8. The third-order valence-corrected chi connectivity index (χ3v) is 8.61. The Kier molecular flexibility index (Phi) is 6.47. The number of para-hydroxylation sites is 1. The molecule has 34 heavy (non-hydrogen) atoms. The fourth-order valence-corrected chi connectivity index (χ4v) is 6.38. The number of carbonyl (C=O) groups excluding carboxylic acids is 1. The minimum atomic E-state index is -0.0241. The maximum Gasteiger partial charge on any atom is 0.321 e. The molecule has 1 aromatic carbocycles. The first-order chi connectivity index (χ1) is 16.4. The van der Waals surface area contributed by atoms with E-state index in [1.54, 1.807) is 0 Å². The Morgan fingerprint density at radius 2 is 1.97 bits per heavy atom. The molecular weight excluding hydrogens is 442 g/mol. The highest BCUT2D eigenvalue weighted by Gasteiger charge is 2.29. The van der Waals surface area contributed by atoms with Crippen molar-refractivity contribution >= 4 is 39.1 Å². The predicted octanol–water partition coefficient (Wildman–Crippen LogP) is 5.99. The van der Waals surface area contributed by atoms with Crippen LogP contribution in [0.4, 0.5) is 16.3 Å². The van der Waals surface area contributed by atoms with Gasteiger partial charge in [0, 0.05) is 42.7 Å². The second-order valence-electron chi connectivity index (χ2n) is 9.97. The number of piperazine rings is 1. The van der Waals surface area contributed by atoms with E-state index in [-0.39, 0.29) is 6.03 Å². The Balaban J connectivity index is 1.40. The number of carbonyl (C=O) groups is 1. The predicted molar refractivity (Wildman–Crippen MR) is 141 cm³/mol. The Labute approximate surface area is 206 Å². The summed E-state index contributed by atoms with van der Waals surface area (Å²) in [7, 11) is 0. The van der Waals surface area contributed by atoms with Gasteiger partial charge in [-0.25, -0.2) is 14.8 Å². The largest absolute Gasteiger partial charge is 0.352 e. The molecule has 0 unspecified atom stereocenters. The lowest BCUT2D eigenvalue weighted by molar-refractivity contribution is 0.208. The van der Waals surface area contributed by atoms with Crippen LogP contribution in [0.25, 0.3) is 10.2 Å². The zero-order valence-electron chi connectivity index (χ0n) is 20.7. The summed E-state index contributed by atoms with van der Waals surface area (Å²) in [5.41, 5.74) is 3.43. The minimum absolute atomic E-state index is 0.0241. The summed E-state index contributed by atoms with van der Waals surface area (Å²) >= 11 is 1.88. The molecule has 3 heterocycles. The van der Waals surface area contributed by atoms with Crippen molar-refractivity contribution in [2.24, 2.45) is 5.92 Å². The molecule has 1 aliphatic heterocycles. The highest BCUT2D eigenvalue weighted by atomic mass is 32.1. The lowest BCUT2D eigenvalue weighted by Gasteiger charge is -2.36. The van der Waals surface area contributed by atoms with E-state index in [0.29, 0.717) is 19.0 Å². The monoisotopic (exact) mass is 477 g/mol. The number of nitrogens with zero attached hydrogens (tertiary/aromatic N) is 4. The molecule has 0 saturated carbocycles. The van der Waals surface area contributed by atoms with Crippen LogP contribution < -0.4 is 10.2 Å². The smallest absolute Gasteiger partial charge is 0.321 e. The minimum Gasteiger partial charge on any atom is -0.352 e. The number of urea groups is 1. The molecule has 5 rings (SSSR count). The van der Waals surface area contributed by atoms with Crippen LogP contribution in [0.15, 0.2) is 24.3 Å². The molecule has 180 valence electrons. The van der Waals surface area contributed by atoms with Crippen molar-refractivity contribution in [1.82, 2.24) is 14.9 Å². The zero-order valence-corrected chi connectivity index (χ0v) is 21.5. The lowest BCUT2D eigenvalue weighted by Crippen LogP contribution is -2.50. The Bertz CT molecular complexity index is 1200. The van der Waals surface area contributed by atoms with Gasteiger partial charge in [0.15, 0.2) is 0 Å². The van der Waals surface area contributed by atoms with Gasteiger partial charge in [-0.15, -0.1) is 11.3 Å². The number of rotatable bonds is 4. The van der Waals surface area contributed by atoms with E-state index < -0.39 is 0 Å². The van der Waals surface area contributed by atoms with Gasteiger partial charge in [0.05, 0.1) is 5.39 Å². The van der Waals surface area contributed by atoms with Crippen LogP contribution in [0, 0.1) is 12.8 Å². The summed E-state index contributed by atoms with van der Waals surface area (Å²) in [5, 5.41) is 4.36. The summed E-state index contributed by atoms with van der Waals surface area (Å²) in [6.45, 7) is 11.7. The van der Waals surface area contributed by atoms with Crippen LogP contribution in [0.2, 0.25) is 0 Å². The van der Waals surface area contributed by atoms with Gasteiger partial charge in [0.2, 0.25) is 0 Å². The number of thiophene rings is 1. The van der Waals surface area contributed by atoms with Crippen LogP contribution in [0.1, 0.15) is 61.4 Å². The van der Waals surface area contributed by atoms with Crippen molar-refractivity contribution in [1.29, 1.82) is 0 Å². The molecule has 0 bridgehead atoms. The van der Waals surface area contributed by atoms with E-state index in [4.69, 9.17) is 9.97 Å². The van der Waals surface area contributed by atoms with Crippen molar-refractivity contribution in [3.63, 3.8) is 0 Å². The molecule has 1 fully saturated rings. The van der Waals surface area contributed by atoms with Crippen molar-refractivity contribution in [3.05, 3.63) is 46.1 Å². The van der Waals surface area contributed by atoms with Crippen LogP contribution >= 0.6 is 11.3 Å². The van der Waals surface area contributed by atoms with Crippen LogP contribution in [-0.2, 0) is 12.8 Å².